The first-order valence-corrected chi connectivity index (χ1v) is 22.1. The fraction of sp³-hybridized carbons (Fsp3) is 0.867. The van der Waals surface area contributed by atoms with Gasteiger partial charge in [0.05, 0.1) is 12.7 Å². The second-order valence-electron chi connectivity index (χ2n) is 15.1. The van der Waals surface area contributed by atoms with E-state index in [1.54, 1.807) is 0 Å². The molecule has 306 valence electrons. The van der Waals surface area contributed by atoms with Crippen LogP contribution in [0.4, 0.5) is 0 Å². The van der Waals surface area contributed by atoms with Crippen LogP contribution in [0.15, 0.2) is 24.3 Å². The summed E-state index contributed by atoms with van der Waals surface area (Å²) in [5.41, 5.74) is 0. The van der Waals surface area contributed by atoms with Crippen molar-refractivity contribution < 1.29 is 34.4 Å². The molecule has 52 heavy (non-hydrogen) atoms. The van der Waals surface area contributed by atoms with Gasteiger partial charge in [0.15, 0.2) is 12.2 Å². The quantitative estimate of drug-likeness (QED) is 0.0326. The van der Waals surface area contributed by atoms with Crippen LogP contribution in [0.3, 0.4) is 0 Å². The Morgan fingerprint density at radius 2 is 0.981 bits per heavy atom. The number of hydrogen-bond donors (Lipinski definition) is 3. The van der Waals surface area contributed by atoms with Crippen LogP contribution in [0.25, 0.3) is 0 Å². The van der Waals surface area contributed by atoms with Crippen molar-refractivity contribution >= 4 is 11.9 Å². The van der Waals surface area contributed by atoms with Crippen LogP contribution in [0.5, 0.6) is 0 Å². The van der Waals surface area contributed by atoms with Gasteiger partial charge in [-0.25, -0.2) is 4.79 Å². The maximum absolute atomic E-state index is 12.3. The summed E-state index contributed by atoms with van der Waals surface area (Å²) in [4.78, 5) is 24.4. The van der Waals surface area contributed by atoms with E-state index in [-0.39, 0.29) is 19.4 Å². The van der Waals surface area contributed by atoms with Gasteiger partial charge < -0.3 is 24.8 Å². The largest absolute Gasteiger partial charge is 0.462 e. The van der Waals surface area contributed by atoms with Crippen LogP contribution in [0, 0.1) is 0 Å². The van der Waals surface area contributed by atoms with Crippen molar-refractivity contribution in [1.29, 1.82) is 0 Å². The summed E-state index contributed by atoms with van der Waals surface area (Å²) in [5, 5.41) is 30.0. The first-order chi connectivity index (χ1) is 25.4. The molecule has 0 aliphatic rings. The van der Waals surface area contributed by atoms with Gasteiger partial charge in [0.1, 0.15) is 6.61 Å². The Kier molecular flexibility index (Phi) is 39.2. The number of esters is 2. The molecule has 0 aromatic rings. The predicted octanol–water partition coefficient (Wildman–Crippen LogP) is 11.8. The van der Waals surface area contributed by atoms with Crippen molar-refractivity contribution in [2.45, 2.75) is 238 Å². The lowest BCUT2D eigenvalue weighted by Gasteiger charge is -2.18. The topological polar surface area (TPSA) is 113 Å². The molecule has 0 aromatic carbocycles. The van der Waals surface area contributed by atoms with Crippen LogP contribution in [-0.2, 0) is 19.1 Å². The smallest absolute Gasteiger partial charge is 0.335 e. The zero-order valence-corrected chi connectivity index (χ0v) is 34.1. The van der Waals surface area contributed by atoms with E-state index in [1.165, 1.54) is 141 Å². The van der Waals surface area contributed by atoms with Gasteiger partial charge in [0.2, 0.25) is 0 Å². The first kappa shape index (κ1) is 50.3. The third-order valence-electron chi connectivity index (χ3n) is 9.94. The predicted molar refractivity (Wildman–Crippen MR) is 217 cm³/mol. The highest BCUT2D eigenvalue weighted by atomic mass is 16.6. The third kappa shape index (κ3) is 36.6. The number of aliphatic hydroxyl groups excluding tert-OH is 3. The Hall–Kier alpha value is -1.70. The molecule has 0 rings (SSSR count). The molecule has 0 saturated heterocycles. The van der Waals surface area contributed by atoms with E-state index >= 15 is 0 Å². The Morgan fingerprint density at radius 1 is 0.538 bits per heavy atom. The van der Waals surface area contributed by atoms with E-state index in [4.69, 9.17) is 9.47 Å². The highest BCUT2D eigenvalue weighted by Crippen LogP contribution is 2.16. The zero-order valence-electron chi connectivity index (χ0n) is 34.1. The first-order valence-electron chi connectivity index (χ1n) is 22.1. The molecular formula is C45H84O7. The summed E-state index contributed by atoms with van der Waals surface area (Å²) in [7, 11) is 0. The minimum absolute atomic E-state index is 0.0668. The number of unbranched alkanes of at least 4 members (excludes halogenated alkanes) is 24. The third-order valence-corrected chi connectivity index (χ3v) is 9.94. The van der Waals surface area contributed by atoms with Crippen molar-refractivity contribution in [3.05, 3.63) is 24.3 Å². The Morgan fingerprint density at radius 3 is 1.46 bits per heavy atom. The van der Waals surface area contributed by atoms with E-state index in [9.17, 15) is 24.9 Å². The van der Waals surface area contributed by atoms with Gasteiger partial charge >= 0.3 is 11.9 Å². The molecule has 0 spiro atoms. The molecule has 0 amide bonds. The number of carbonyl (C=O) groups is 2. The summed E-state index contributed by atoms with van der Waals surface area (Å²) in [6.07, 6.45) is 42.1. The van der Waals surface area contributed by atoms with E-state index < -0.39 is 36.9 Å². The number of rotatable bonds is 40. The maximum atomic E-state index is 12.3. The zero-order chi connectivity index (χ0) is 38.2. The Bertz CT molecular complexity index is 826. The average Bonchev–Trinajstić information content (AvgIpc) is 3.14. The van der Waals surface area contributed by atoms with E-state index in [2.05, 4.69) is 38.2 Å². The fourth-order valence-electron chi connectivity index (χ4n) is 6.43. The average molecular weight is 737 g/mol. The minimum Gasteiger partial charge on any atom is -0.462 e. The molecule has 7 nitrogen and oxygen atoms in total. The van der Waals surface area contributed by atoms with E-state index in [0.29, 0.717) is 19.3 Å². The van der Waals surface area contributed by atoms with Crippen LogP contribution in [0.2, 0.25) is 0 Å². The molecule has 0 saturated carbocycles. The molecule has 0 heterocycles. The summed E-state index contributed by atoms with van der Waals surface area (Å²) in [5.74, 6) is -1.33. The molecule has 0 bridgehead atoms. The molecule has 3 atom stereocenters. The van der Waals surface area contributed by atoms with Gasteiger partial charge in [0, 0.05) is 6.42 Å². The number of allylic oxidation sites excluding steroid dienone is 4. The molecule has 0 fully saturated rings. The van der Waals surface area contributed by atoms with Gasteiger partial charge in [-0.15, -0.1) is 0 Å². The lowest BCUT2D eigenvalue weighted by atomic mass is 10.0. The van der Waals surface area contributed by atoms with Crippen LogP contribution in [-0.4, -0.2) is 58.8 Å². The molecule has 3 N–H and O–H groups in total. The number of aliphatic hydroxyl groups is 3. The highest BCUT2D eigenvalue weighted by molar-refractivity contribution is 5.74. The normalized spacial score (nSPS) is 13.6. The SMILES string of the molecule is CCCCCCCCCC/C=C\C/C=C\CCC[C@@H](O)C(=O)OC(CO)COC(=O)CC[C@H](O)CCCCCCCCCCCCCCCCCC. The van der Waals surface area contributed by atoms with Crippen LogP contribution in [0.1, 0.15) is 219 Å². The molecular weight excluding hydrogens is 652 g/mol. The Balaban J connectivity index is 3.75. The second kappa shape index (κ2) is 40.5. The summed E-state index contributed by atoms with van der Waals surface area (Å²) >= 11 is 0. The van der Waals surface area contributed by atoms with Crippen molar-refractivity contribution in [3.63, 3.8) is 0 Å². The maximum Gasteiger partial charge on any atom is 0.335 e. The molecule has 0 aliphatic heterocycles. The Labute approximate surface area is 320 Å². The monoisotopic (exact) mass is 737 g/mol. The molecule has 7 heteroatoms. The summed E-state index contributed by atoms with van der Waals surface area (Å²) in [6.45, 7) is 3.73. The minimum atomic E-state index is -1.29. The molecule has 0 aromatic heterocycles. The lowest BCUT2D eigenvalue weighted by molar-refractivity contribution is -0.169. The molecule has 0 aliphatic carbocycles. The lowest BCUT2D eigenvalue weighted by Crippen LogP contribution is -2.33. The van der Waals surface area contributed by atoms with Gasteiger partial charge in [-0.1, -0.05) is 186 Å². The molecule has 1 unspecified atom stereocenters. The highest BCUT2D eigenvalue weighted by Gasteiger charge is 2.22. The molecule has 0 radical (unpaired) electrons. The van der Waals surface area contributed by atoms with Crippen molar-refractivity contribution in [2.24, 2.45) is 0 Å². The van der Waals surface area contributed by atoms with Gasteiger partial charge in [-0.05, 0) is 51.4 Å². The van der Waals surface area contributed by atoms with Crippen molar-refractivity contribution in [3.8, 4) is 0 Å². The van der Waals surface area contributed by atoms with Gasteiger partial charge in [-0.3, -0.25) is 4.79 Å². The fourth-order valence-corrected chi connectivity index (χ4v) is 6.43. The van der Waals surface area contributed by atoms with Gasteiger partial charge in [-0.2, -0.15) is 0 Å². The number of hydrogen-bond acceptors (Lipinski definition) is 7. The van der Waals surface area contributed by atoms with Gasteiger partial charge in [0.25, 0.3) is 0 Å². The van der Waals surface area contributed by atoms with Crippen LogP contribution < -0.4 is 0 Å². The summed E-state index contributed by atoms with van der Waals surface area (Å²) in [6, 6.07) is 0. The standard InChI is InChI=1S/C45H84O7/c1-3-5-7-9-11-13-15-17-19-21-23-25-27-29-31-33-35-41(47)37-38-44(49)51-40-42(39-46)52-45(50)43(48)36-34-32-30-28-26-24-22-20-18-16-14-12-10-8-6-4-2/h22,24,28,30,41-43,46-48H,3-21,23,25-27,29,31-40H2,1-2H3/b24-22-,30-28-/t41-,42?,43-/m1/s1. The van der Waals surface area contributed by atoms with Crippen molar-refractivity contribution in [1.82, 2.24) is 0 Å². The van der Waals surface area contributed by atoms with E-state index in [1.807, 2.05) is 0 Å². The number of carbonyl (C=O) groups excluding carboxylic acids is 2. The second-order valence-corrected chi connectivity index (χ2v) is 15.1. The summed E-state index contributed by atoms with van der Waals surface area (Å²) < 4.78 is 10.3. The number of ether oxygens (including phenoxy) is 2. The van der Waals surface area contributed by atoms with Crippen molar-refractivity contribution in [2.75, 3.05) is 13.2 Å². The van der Waals surface area contributed by atoms with E-state index in [0.717, 1.165) is 32.1 Å². The van der Waals surface area contributed by atoms with Crippen LogP contribution >= 0.6 is 0 Å².